The molecule has 5 nitrogen and oxygen atoms in total. The summed E-state index contributed by atoms with van der Waals surface area (Å²) in [5.74, 6) is 2.21. The van der Waals surface area contributed by atoms with Crippen molar-refractivity contribution in [1.29, 1.82) is 0 Å². The van der Waals surface area contributed by atoms with Crippen LogP contribution >= 0.6 is 0 Å². The fraction of sp³-hybridized carbons (Fsp3) is 0.600. The fourth-order valence-corrected chi connectivity index (χ4v) is 8.45. The molecule has 6 heteroatoms. The lowest BCUT2D eigenvalue weighted by molar-refractivity contribution is 0.0492. The van der Waals surface area contributed by atoms with Gasteiger partial charge in [-0.25, -0.2) is 8.42 Å². The maximum Gasteiger partial charge on any atom is 0.175 e. The molecule has 1 saturated carbocycles. The molecule has 4 aliphatic rings. The van der Waals surface area contributed by atoms with Crippen LogP contribution in [-0.2, 0) is 21.8 Å². The van der Waals surface area contributed by atoms with E-state index < -0.39 is 9.84 Å². The summed E-state index contributed by atoms with van der Waals surface area (Å²) in [6.07, 6.45) is 10.6. The van der Waals surface area contributed by atoms with Gasteiger partial charge in [-0.15, -0.1) is 0 Å². The van der Waals surface area contributed by atoms with Crippen LogP contribution in [0.15, 0.2) is 53.4 Å². The minimum Gasteiger partial charge on any atom is -0.371 e. The zero-order chi connectivity index (χ0) is 24.8. The summed E-state index contributed by atoms with van der Waals surface area (Å²) < 4.78 is 23.5. The summed E-state index contributed by atoms with van der Waals surface area (Å²) in [7, 11) is -3.13. The van der Waals surface area contributed by atoms with E-state index in [0.29, 0.717) is 10.8 Å². The Labute approximate surface area is 217 Å². The third-order valence-electron chi connectivity index (χ3n) is 9.61. The van der Waals surface area contributed by atoms with Crippen molar-refractivity contribution in [3.8, 4) is 0 Å². The van der Waals surface area contributed by atoms with Crippen LogP contribution in [0.1, 0.15) is 49.7 Å². The number of likely N-dealkylation sites (tertiary alicyclic amines) is 1. The molecule has 0 radical (unpaired) electrons. The van der Waals surface area contributed by atoms with Crippen molar-refractivity contribution in [2.24, 2.45) is 17.8 Å². The first-order chi connectivity index (χ1) is 17.4. The van der Waals surface area contributed by atoms with Crippen LogP contribution < -0.4 is 10.2 Å². The largest absolute Gasteiger partial charge is 0.371 e. The lowest BCUT2D eigenvalue weighted by atomic mass is 9.63. The molecular weight excluding hydrogens is 466 g/mol. The number of hydrogen-bond donors (Lipinski definition) is 1. The zero-order valence-corrected chi connectivity index (χ0v) is 22.5. The number of nitrogens with one attached hydrogen (secondary N) is 1. The number of sulfone groups is 1. The second kappa shape index (κ2) is 9.77. The van der Waals surface area contributed by atoms with E-state index in [9.17, 15) is 8.42 Å². The predicted octanol–water partition coefficient (Wildman–Crippen LogP) is 4.47. The summed E-state index contributed by atoms with van der Waals surface area (Å²) in [6, 6.07) is 16.7. The SMILES string of the molecule is CS(=O)(=O)c1ccc(N2CC(CN3CCC(C4(C5CCCC5)NCCc5ccccc54)CC3)C2)cc1. The smallest absolute Gasteiger partial charge is 0.175 e. The molecule has 36 heavy (non-hydrogen) atoms. The number of nitrogens with zero attached hydrogens (tertiary/aromatic N) is 2. The molecule has 6 rings (SSSR count). The van der Waals surface area contributed by atoms with E-state index in [1.807, 2.05) is 12.1 Å². The van der Waals surface area contributed by atoms with E-state index in [4.69, 9.17) is 0 Å². The van der Waals surface area contributed by atoms with Crippen LogP contribution in [0.3, 0.4) is 0 Å². The van der Waals surface area contributed by atoms with Gasteiger partial charge in [-0.3, -0.25) is 0 Å². The quantitative estimate of drug-likeness (QED) is 0.625. The molecule has 1 aliphatic carbocycles. The lowest BCUT2D eigenvalue weighted by Gasteiger charge is -2.53. The van der Waals surface area contributed by atoms with Crippen LogP contribution in [0.4, 0.5) is 5.69 Å². The number of piperidine rings is 1. The Morgan fingerprint density at radius 1 is 0.917 bits per heavy atom. The predicted molar refractivity (Wildman–Crippen MR) is 146 cm³/mol. The Kier molecular flexibility index (Phi) is 6.63. The molecule has 1 N–H and O–H groups in total. The molecule has 3 fully saturated rings. The van der Waals surface area contributed by atoms with Gasteiger partial charge >= 0.3 is 0 Å². The van der Waals surface area contributed by atoms with E-state index >= 15 is 0 Å². The molecule has 2 saturated heterocycles. The first-order valence-electron chi connectivity index (χ1n) is 14.0. The standard InChI is InChI=1S/C30H41N3O2S/c1-36(34,35)28-12-10-27(11-13-28)33-21-23(22-33)20-32-18-15-26(16-19-32)30(25-7-3-4-8-25)29-9-5-2-6-24(29)14-17-31-30/h2,5-6,9-13,23,25-26,31H,3-4,7-8,14-22H2,1H3. The molecule has 1 atom stereocenters. The van der Waals surface area contributed by atoms with Gasteiger partial charge in [-0.05, 0) is 92.4 Å². The number of anilines is 1. The van der Waals surface area contributed by atoms with Crippen LogP contribution in [0.2, 0.25) is 0 Å². The molecular formula is C30H41N3O2S. The Bertz CT molecular complexity index is 1160. The van der Waals surface area contributed by atoms with E-state index in [0.717, 1.165) is 37.2 Å². The van der Waals surface area contributed by atoms with Gasteiger partial charge in [0.15, 0.2) is 9.84 Å². The number of rotatable bonds is 6. The highest BCUT2D eigenvalue weighted by Crippen LogP contribution is 2.50. The first-order valence-corrected chi connectivity index (χ1v) is 15.9. The first kappa shape index (κ1) is 24.4. The monoisotopic (exact) mass is 507 g/mol. The van der Waals surface area contributed by atoms with Gasteiger partial charge in [0.05, 0.1) is 4.90 Å². The van der Waals surface area contributed by atoms with E-state index in [2.05, 4.69) is 39.4 Å². The zero-order valence-electron chi connectivity index (χ0n) is 21.7. The number of hydrogen-bond acceptors (Lipinski definition) is 5. The molecule has 3 aliphatic heterocycles. The van der Waals surface area contributed by atoms with Gasteiger partial charge < -0.3 is 15.1 Å². The highest BCUT2D eigenvalue weighted by atomic mass is 32.2. The lowest BCUT2D eigenvalue weighted by Crippen LogP contribution is -2.59. The van der Waals surface area contributed by atoms with Crippen molar-refractivity contribution >= 4 is 15.5 Å². The van der Waals surface area contributed by atoms with Crippen LogP contribution in [0, 0.1) is 17.8 Å². The minimum atomic E-state index is -3.13. The third-order valence-corrected chi connectivity index (χ3v) is 10.7. The summed E-state index contributed by atoms with van der Waals surface area (Å²) in [4.78, 5) is 5.49. The molecule has 2 aromatic carbocycles. The second-order valence-corrected chi connectivity index (χ2v) is 13.8. The van der Waals surface area contributed by atoms with Crippen molar-refractivity contribution in [1.82, 2.24) is 10.2 Å². The molecule has 2 aromatic rings. The van der Waals surface area contributed by atoms with Gasteiger partial charge in [0.2, 0.25) is 0 Å². The fourth-order valence-electron chi connectivity index (χ4n) is 7.82. The van der Waals surface area contributed by atoms with Crippen molar-refractivity contribution in [2.45, 2.75) is 55.4 Å². The molecule has 0 amide bonds. The van der Waals surface area contributed by atoms with Crippen molar-refractivity contribution in [2.75, 3.05) is 50.4 Å². The average Bonchev–Trinajstić information content (AvgIpc) is 3.41. The van der Waals surface area contributed by atoms with E-state index in [1.54, 1.807) is 23.3 Å². The van der Waals surface area contributed by atoms with Gasteiger partial charge in [0.25, 0.3) is 0 Å². The topological polar surface area (TPSA) is 52.7 Å². The molecule has 1 unspecified atom stereocenters. The Balaban J connectivity index is 1.07. The summed E-state index contributed by atoms with van der Waals surface area (Å²) >= 11 is 0. The van der Waals surface area contributed by atoms with Gasteiger partial charge in [0.1, 0.15) is 0 Å². The Morgan fingerprint density at radius 2 is 1.58 bits per heavy atom. The van der Waals surface area contributed by atoms with E-state index in [1.165, 1.54) is 70.8 Å². The Morgan fingerprint density at radius 3 is 2.28 bits per heavy atom. The van der Waals surface area contributed by atoms with Gasteiger partial charge in [0, 0.05) is 49.6 Å². The maximum absolute atomic E-state index is 11.7. The summed E-state index contributed by atoms with van der Waals surface area (Å²) in [5.41, 5.74) is 4.53. The molecule has 0 aromatic heterocycles. The van der Waals surface area contributed by atoms with Crippen molar-refractivity contribution in [3.63, 3.8) is 0 Å². The average molecular weight is 508 g/mol. The molecule has 0 spiro atoms. The molecule has 194 valence electrons. The highest BCUT2D eigenvalue weighted by Gasteiger charge is 2.50. The highest BCUT2D eigenvalue weighted by molar-refractivity contribution is 7.90. The normalized spacial score (nSPS) is 26.6. The van der Waals surface area contributed by atoms with Crippen LogP contribution in [-0.4, -0.2) is 58.8 Å². The van der Waals surface area contributed by atoms with Crippen LogP contribution in [0.25, 0.3) is 0 Å². The van der Waals surface area contributed by atoms with Crippen molar-refractivity contribution in [3.05, 3.63) is 59.7 Å². The Hall–Kier alpha value is -1.89. The summed E-state index contributed by atoms with van der Waals surface area (Å²) in [5, 5.41) is 4.15. The number of benzene rings is 2. The maximum atomic E-state index is 11.7. The van der Waals surface area contributed by atoms with Crippen molar-refractivity contribution < 1.29 is 8.42 Å². The molecule has 0 bridgehead atoms. The number of fused-ring (bicyclic) bond motifs is 1. The summed E-state index contributed by atoms with van der Waals surface area (Å²) in [6.45, 7) is 6.87. The van der Waals surface area contributed by atoms with Gasteiger partial charge in [-0.2, -0.15) is 0 Å². The van der Waals surface area contributed by atoms with E-state index in [-0.39, 0.29) is 5.54 Å². The van der Waals surface area contributed by atoms with Gasteiger partial charge in [-0.1, -0.05) is 37.1 Å². The van der Waals surface area contributed by atoms with Crippen LogP contribution in [0.5, 0.6) is 0 Å². The third kappa shape index (κ3) is 4.50. The molecule has 3 heterocycles. The minimum absolute atomic E-state index is 0.183. The second-order valence-electron chi connectivity index (χ2n) is 11.8.